The minimum absolute atomic E-state index is 0.0596. The molecule has 0 atom stereocenters. The Kier molecular flexibility index (Phi) is 6.57. The first-order valence-electron chi connectivity index (χ1n) is 7.33. The van der Waals surface area contributed by atoms with E-state index in [2.05, 4.69) is 5.32 Å². The molecule has 0 saturated heterocycles. The molecule has 2 aromatic rings. The average molecular weight is 421 g/mol. The minimum atomic E-state index is -3.83. The fourth-order valence-corrected chi connectivity index (χ4v) is 4.23. The van der Waals surface area contributed by atoms with E-state index in [-0.39, 0.29) is 4.21 Å². The van der Waals surface area contributed by atoms with Crippen molar-refractivity contribution in [3.05, 3.63) is 47.1 Å². The molecular formula is C15H14F3N3O4S2. The first-order chi connectivity index (χ1) is 12.6. The van der Waals surface area contributed by atoms with E-state index in [1.165, 1.54) is 13.1 Å². The van der Waals surface area contributed by atoms with E-state index in [9.17, 15) is 31.2 Å². The zero-order chi connectivity index (χ0) is 20.2. The summed E-state index contributed by atoms with van der Waals surface area (Å²) in [5.41, 5.74) is -0.592. The molecular weight excluding hydrogens is 407 g/mol. The molecule has 0 aliphatic carbocycles. The lowest BCUT2D eigenvalue weighted by molar-refractivity contribution is -0.124. The van der Waals surface area contributed by atoms with Gasteiger partial charge in [0.1, 0.15) is 4.21 Å². The second kappa shape index (κ2) is 8.50. The number of sulfonamides is 1. The van der Waals surface area contributed by atoms with Gasteiger partial charge in [-0.05, 0) is 23.6 Å². The van der Waals surface area contributed by atoms with Crippen LogP contribution in [-0.4, -0.2) is 44.7 Å². The van der Waals surface area contributed by atoms with E-state index >= 15 is 0 Å². The van der Waals surface area contributed by atoms with Crippen LogP contribution in [0.15, 0.2) is 33.9 Å². The number of benzene rings is 1. The quantitative estimate of drug-likeness (QED) is 0.663. The summed E-state index contributed by atoms with van der Waals surface area (Å²) in [7, 11) is -2.63. The number of anilines is 1. The van der Waals surface area contributed by atoms with Crippen molar-refractivity contribution in [3.8, 4) is 0 Å². The van der Waals surface area contributed by atoms with E-state index in [1.807, 2.05) is 5.32 Å². The number of nitrogens with one attached hydrogen (secondary N) is 2. The number of hydrogen-bond acceptors (Lipinski definition) is 5. The monoisotopic (exact) mass is 421 g/mol. The zero-order valence-corrected chi connectivity index (χ0v) is 15.5. The molecule has 0 aliphatic heterocycles. The van der Waals surface area contributed by atoms with Crippen LogP contribution in [0.5, 0.6) is 0 Å². The maximum absolute atomic E-state index is 13.5. The third-order valence-electron chi connectivity index (χ3n) is 3.28. The second-order valence-electron chi connectivity index (χ2n) is 5.24. The number of likely N-dealkylation sites (N-methyl/N-ethyl adjacent to an activating group) is 1. The van der Waals surface area contributed by atoms with Gasteiger partial charge in [-0.25, -0.2) is 21.6 Å². The molecule has 0 radical (unpaired) electrons. The Labute approximate surface area is 156 Å². The molecule has 0 fully saturated rings. The summed E-state index contributed by atoms with van der Waals surface area (Å²) in [6, 6.07) is 4.40. The van der Waals surface area contributed by atoms with Crippen molar-refractivity contribution >= 4 is 38.9 Å². The van der Waals surface area contributed by atoms with Crippen molar-refractivity contribution < 1.29 is 31.2 Å². The molecule has 12 heteroatoms. The van der Waals surface area contributed by atoms with Crippen LogP contribution in [0.1, 0.15) is 0 Å². The average Bonchev–Trinajstić information content (AvgIpc) is 3.16. The highest BCUT2D eigenvalue weighted by molar-refractivity contribution is 7.91. The molecule has 146 valence electrons. The lowest BCUT2D eigenvalue weighted by Gasteiger charge is -2.15. The number of nitrogens with zero attached hydrogens (tertiary/aromatic N) is 1. The van der Waals surface area contributed by atoms with Crippen molar-refractivity contribution in [1.82, 2.24) is 9.62 Å². The van der Waals surface area contributed by atoms with Crippen molar-refractivity contribution in [2.24, 2.45) is 0 Å². The smallest absolute Gasteiger partial charge is 0.252 e. The molecule has 27 heavy (non-hydrogen) atoms. The highest BCUT2D eigenvalue weighted by atomic mass is 32.2. The van der Waals surface area contributed by atoms with Gasteiger partial charge in [0.25, 0.3) is 10.0 Å². The maximum atomic E-state index is 13.5. The van der Waals surface area contributed by atoms with E-state index in [4.69, 9.17) is 0 Å². The van der Waals surface area contributed by atoms with Crippen LogP contribution in [0, 0.1) is 17.5 Å². The molecule has 7 nitrogen and oxygen atoms in total. The molecule has 2 rings (SSSR count). The van der Waals surface area contributed by atoms with Gasteiger partial charge in [0.15, 0.2) is 17.5 Å². The Morgan fingerprint density at radius 1 is 1.11 bits per heavy atom. The molecule has 0 spiro atoms. The van der Waals surface area contributed by atoms with E-state index in [0.29, 0.717) is 6.07 Å². The number of carbonyl (C=O) groups excluding carboxylic acids is 2. The zero-order valence-electron chi connectivity index (χ0n) is 13.8. The summed E-state index contributed by atoms with van der Waals surface area (Å²) >= 11 is 0.990. The SMILES string of the molecule is CN(CC(=O)NCC(=O)Nc1ccc(F)c(F)c1F)S(=O)(=O)c1cccs1. The second-order valence-corrected chi connectivity index (χ2v) is 8.46. The Morgan fingerprint density at radius 2 is 1.81 bits per heavy atom. The number of hydrogen-bond donors (Lipinski definition) is 2. The highest BCUT2D eigenvalue weighted by Gasteiger charge is 2.24. The van der Waals surface area contributed by atoms with Gasteiger partial charge in [-0.1, -0.05) is 6.07 Å². The van der Waals surface area contributed by atoms with Gasteiger partial charge in [0, 0.05) is 7.05 Å². The molecule has 1 aromatic carbocycles. The van der Waals surface area contributed by atoms with Gasteiger partial charge in [-0.2, -0.15) is 4.31 Å². The Morgan fingerprint density at radius 3 is 2.44 bits per heavy atom. The van der Waals surface area contributed by atoms with Crippen molar-refractivity contribution in [3.63, 3.8) is 0 Å². The molecule has 0 bridgehead atoms. The van der Waals surface area contributed by atoms with Crippen molar-refractivity contribution in [1.29, 1.82) is 0 Å². The first-order valence-corrected chi connectivity index (χ1v) is 9.64. The molecule has 2 amide bonds. The maximum Gasteiger partial charge on any atom is 0.252 e. The number of thiophene rings is 1. The molecule has 1 heterocycles. The summed E-state index contributed by atoms with van der Waals surface area (Å²) in [5.74, 6) is -6.40. The number of rotatable bonds is 7. The summed E-state index contributed by atoms with van der Waals surface area (Å²) in [5, 5.41) is 5.70. The van der Waals surface area contributed by atoms with E-state index in [0.717, 1.165) is 21.7 Å². The van der Waals surface area contributed by atoms with Gasteiger partial charge in [0.2, 0.25) is 11.8 Å². The van der Waals surface area contributed by atoms with Crippen LogP contribution >= 0.6 is 11.3 Å². The van der Waals surface area contributed by atoms with Crippen LogP contribution in [0.25, 0.3) is 0 Å². The van der Waals surface area contributed by atoms with Crippen molar-refractivity contribution in [2.75, 3.05) is 25.5 Å². The fraction of sp³-hybridized carbons (Fsp3) is 0.200. The van der Waals surface area contributed by atoms with Crippen LogP contribution in [0.2, 0.25) is 0 Å². The lowest BCUT2D eigenvalue weighted by atomic mass is 10.2. The third-order valence-corrected chi connectivity index (χ3v) is 6.46. The predicted molar refractivity (Wildman–Crippen MR) is 92.1 cm³/mol. The fourth-order valence-electron chi connectivity index (χ4n) is 1.90. The lowest BCUT2D eigenvalue weighted by Crippen LogP contribution is -2.41. The Balaban J connectivity index is 1.88. The third kappa shape index (κ3) is 5.05. The minimum Gasteiger partial charge on any atom is -0.346 e. The highest BCUT2D eigenvalue weighted by Crippen LogP contribution is 2.20. The van der Waals surface area contributed by atoms with Gasteiger partial charge in [0.05, 0.1) is 18.8 Å². The summed E-state index contributed by atoms with van der Waals surface area (Å²) in [6.45, 7) is -1.17. The van der Waals surface area contributed by atoms with E-state index < -0.39 is 58.1 Å². The number of amides is 2. The normalized spacial score (nSPS) is 11.4. The molecule has 0 unspecified atom stereocenters. The van der Waals surface area contributed by atoms with Gasteiger partial charge < -0.3 is 10.6 Å². The number of carbonyl (C=O) groups is 2. The predicted octanol–water partition coefficient (Wildman–Crippen LogP) is 1.54. The Bertz CT molecular complexity index is 949. The Hall–Kier alpha value is -2.44. The van der Waals surface area contributed by atoms with Crippen LogP contribution in [0.4, 0.5) is 18.9 Å². The summed E-state index contributed by atoms with van der Waals surface area (Å²) < 4.78 is 64.6. The first kappa shape index (κ1) is 20.9. The van der Waals surface area contributed by atoms with Crippen LogP contribution in [-0.2, 0) is 19.6 Å². The standard InChI is InChI=1S/C15H14F3N3O4S2/c1-21(27(24,25)13-3-2-6-26-13)8-12(23)19-7-11(22)20-10-5-4-9(16)14(17)15(10)18/h2-6H,7-8H2,1H3,(H,19,23)(H,20,22). The summed E-state index contributed by atoms with van der Waals surface area (Å²) in [4.78, 5) is 23.5. The molecule has 1 aromatic heterocycles. The largest absolute Gasteiger partial charge is 0.346 e. The topological polar surface area (TPSA) is 95.6 Å². The molecule has 0 saturated carbocycles. The number of halogens is 3. The van der Waals surface area contributed by atoms with Crippen molar-refractivity contribution in [2.45, 2.75) is 4.21 Å². The van der Waals surface area contributed by atoms with Crippen LogP contribution < -0.4 is 10.6 Å². The summed E-state index contributed by atoms with van der Waals surface area (Å²) in [6.07, 6.45) is 0. The van der Waals surface area contributed by atoms with E-state index in [1.54, 1.807) is 11.4 Å². The van der Waals surface area contributed by atoms with Gasteiger partial charge in [-0.15, -0.1) is 11.3 Å². The van der Waals surface area contributed by atoms with Gasteiger partial charge in [-0.3, -0.25) is 9.59 Å². The van der Waals surface area contributed by atoms with Crippen LogP contribution in [0.3, 0.4) is 0 Å². The van der Waals surface area contributed by atoms with Gasteiger partial charge >= 0.3 is 0 Å². The molecule has 2 N–H and O–H groups in total. The molecule has 0 aliphatic rings.